The van der Waals surface area contributed by atoms with E-state index in [1.807, 2.05) is 0 Å². The van der Waals surface area contributed by atoms with Gasteiger partial charge < -0.3 is 4.74 Å². The number of ether oxygens (including phenoxy) is 1. The van der Waals surface area contributed by atoms with Gasteiger partial charge in [0.25, 0.3) is 0 Å². The Morgan fingerprint density at radius 3 is 2.40 bits per heavy atom. The van der Waals surface area contributed by atoms with Crippen LogP contribution in [0.5, 0.6) is 5.75 Å². The third kappa shape index (κ3) is 3.34. The molecule has 0 bridgehead atoms. The van der Waals surface area contributed by atoms with E-state index in [0.717, 1.165) is 16.4 Å². The number of aromatic nitrogens is 2. The lowest BCUT2D eigenvalue weighted by Crippen LogP contribution is -2.12. The Morgan fingerprint density at radius 1 is 1.17 bits per heavy atom. The summed E-state index contributed by atoms with van der Waals surface area (Å²) in [6.45, 7) is 0. The van der Waals surface area contributed by atoms with Crippen molar-refractivity contribution >= 4 is 21.8 Å². The smallest absolute Gasteiger partial charge is 0.435 e. The summed E-state index contributed by atoms with van der Waals surface area (Å²) in [6.07, 6.45) is -4.72. The predicted molar refractivity (Wildman–Crippen MR) is 101 cm³/mol. The first-order chi connectivity index (χ1) is 14.0. The Kier molecular flexibility index (Phi) is 4.83. The molecule has 6 nitrogen and oxygen atoms in total. The summed E-state index contributed by atoms with van der Waals surface area (Å²) in [5.41, 5.74) is -0.676. The summed E-state index contributed by atoms with van der Waals surface area (Å²) in [7, 11) is -2.68. The topological polar surface area (TPSA) is 87.2 Å². The highest BCUT2D eigenvalue weighted by Crippen LogP contribution is 2.49. The van der Waals surface area contributed by atoms with Crippen LogP contribution in [0.25, 0.3) is 16.9 Å². The summed E-state index contributed by atoms with van der Waals surface area (Å²) >= 11 is 0.928. The molecular formula is C18H13F4N3O3S2. The number of nitrogens with zero attached hydrogens (tertiary/aromatic N) is 2. The molecular weight excluding hydrogens is 446 g/mol. The van der Waals surface area contributed by atoms with Crippen molar-refractivity contribution in [2.75, 3.05) is 7.11 Å². The van der Waals surface area contributed by atoms with Gasteiger partial charge in [-0.3, -0.25) is 0 Å². The first-order valence-electron chi connectivity index (χ1n) is 8.34. The van der Waals surface area contributed by atoms with Crippen molar-refractivity contribution in [2.24, 2.45) is 5.14 Å². The average Bonchev–Trinajstić information content (AvgIpc) is 3.08. The zero-order valence-corrected chi connectivity index (χ0v) is 16.8. The normalized spacial score (nSPS) is 13.7. The summed E-state index contributed by atoms with van der Waals surface area (Å²) in [5.74, 6) is -0.836. The molecule has 1 aliphatic rings. The minimum atomic E-state index is -4.72. The molecule has 4 rings (SSSR count). The molecule has 0 atom stereocenters. The highest BCUT2D eigenvalue weighted by molar-refractivity contribution is 7.98. The van der Waals surface area contributed by atoms with Crippen molar-refractivity contribution in [3.63, 3.8) is 0 Å². The van der Waals surface area contributed by atoms with Crippen molar-refractivity contribution < 1.29 is 30.7 Å². The van der Waals surface area contributed by atoms with Crippen molar-refractivity contribution in [1.29, 1.82) is 0 Å². The number of methoxy groups -OCH3 is 1. The lowest BCUT2D eigenvalue weighted by Gasteiger charge is -2.20. The number of nitrogens with two attached hydrogens (primary N) is 1. The molecule has 2 N–H and O–H groups in total. The van der Waals surface area contributed by atoms with Gasteiger partial charge in [-0.2, -0.15) is 18.3 Å². The molecule has 2 heterocycles. The van der Waals surface area contributed by atoms with E-state index in [1.54, 1.807) is 0 Å². The summed E-state index contributed by atoms with van der Waals surface area (Å²) in [4.78, 5) is -0.0482. The highest BCUT2D eigenvalue weighted by atomic mass is 32.2. The Labute approximate surface area is 172 Å². The summed E-state index contributed by atoms with van der Waals surface area (Å²) < 4.78 is 84.5. The lowest BCUT2D eigenvalue weighted by molar-refractivity contribution is -0.141. The molecule has 1 aromatic heterocycles. The van der Waals surface area contributed by atoms with Crippen LogP contribution in [0, 0.1) is 5.82 Å². The third-order valence-electron chi connectivity index (χ3n) is 4.56. The fourth-order valence-corrected chi connectivity index (χ4v) is 4.85. The SMILES string of the molecule is COc1ccc2c(c1F)SCc1c(C(F)(F)F)nn(-c3ccc(S(N)(=O)=O)cc3)c1-2. The van der Waals surface area contributed by atoms with Crippen LogP contribution in [0.15, 0.2) is 46.2 Å². The number of rotatable bonds is 3. The molecule has 0 aliphatic carbocycles. The Morgan fingerprint density at radius 2 is 1.83 bits per heavy atom. The second-order valence-electron chi connectivity index (χ2n) is 6.37. The zero-order valence-electron chi connectivity index (χ0n) is 15.2. The van der Waals surface area contributed by atoms with Gasteiger partial charge in [-0.25, -0.2) is 22.6 Å². The van der Waals surface area contributed by atoms with Gasteiger partial charge in [0, 0.05) is 16.9 Å². The van der Waals surface area contributed by atoms with E-state index in [1.165, 1.54) is 43.5 Å². The van der Waals surface area contributed by atoms with E-state index in [2.05, 4.69) is 5.10 Å². The fourth-order valence-electron chi connectivity index (χ4n) is 3.22. The van der Waals surface area contributed by atoms with Gasteiger partial charge in [0.1, 0.15) is 0 Å². The highest BCUT2D eigenvalue weighted by Gasteiger charge is 2.41. The second kappa shape index (κ2) is 7.00. The molecule has 1 aliphatic heterocycles. The molecule has 0 fully saturated rings. The molecule has 0 spiro atoms. The van der Waals surface area contributed by atoms with Crippen LogP contribution < -0.4 is 9.88 Å². The average molecular weight is 459 g/mol. The fraction of sp³-hybridized carbons (Fsp3) is 0.167. The van der Waals surface area contributed by atoms with Gasteiger partial charge in [-0.05, 0) is 36.4 Å². The second-order valence-corrected chi connectivity index (χ2v) is 8.92. The van der Waals surface area contributed by atoms with Gasteiger partial charge >= 0.3 is 6.18 Å². The number of hydrogen-bond acceptors (Lipinski definition) is 5. The molecule has 0 unspecified atom stereocenters. The van der Waals surface area contributed by atoms with E-state index < -0.39 is 27.7 Å². The van der Waals surface area contributed by atoms with Gasteiger partial charge in [-0.1, -0.05) is 0 Å². The van der Waals surface area contributed by atoms with Crippen LogP contribution in [0.3, 0.4) is 0 Å². The molecule has 3 aromatic rings. The van der Waals surface area contributed by atoms with Crippen LogP contribution in [0.4, 0.5) is 17.6 Å². The van der Waals surface area contributed by atoms with Gasteiger partial charge in [0.05, 0.1) is 28.3 Å². The maximum atomic E-state index is 14.7. The van der Waals surface area contributed by atoms with E-state index in [0.29, 0.717) is 0 Å². The number of alkyl halides is 3. The maximum absolute atomic E-state index is 14.7. The van der Waals surface area contributed by atoms with Crippen molar-refractivity contribution in [3.05, 3.63) is 53.5 Å². The molecule has 2 aromatic carbocycles. The van der Waals surface area contributed by atoms with Crippen molar-refractivity contribution in [3.8, 4) is 22.7 Å². The van der Waals surface area contributed by atoms with Crippen LogP contribution in [-0.4, -0.2) is 25.3 Å². The summed E-state index contributed by atoms with van der Waals surface area (Å²) in [5, 5.41) is 8.81. The summed E-state index contributed by atoms with van der Waals surface area (Å²) in [6, 6.07) is 7.71. The lowest BCUT2D eigenvalue weighted by atomic mass is 10.0. The van der Waals surface area contributed by atoms with Crippen molar-refractivity contribution in [2.45, 2.75) is 21.7 Å². The van der Waals surface area contributed by atoms with Gasteiger partial charge in [-0.15, -0.1) is 11.8 Å². The minimum Gasteiger partial charge on any atom is -0.494 e. The Bertz CT molecular complexity index is 1250. The standard InChI is InChI=1S/C18H13F4N3O3S2/c1-28-13-7-6-11-15-12(8-29-16(11)14(13)19)17(18(20,21)22)24-25(15)9-2-4-10(5-3-9)30(23,26)27/h2-7H,8H2,1H3,(H2,23,26,27). The number of hydrogen-bond donors (Lipinski definition) is 1. The largest absolute Gasteiger partial charge is 0.494 e. The van der Waals surface area contributed by atoms with Crippen molar-refractivity contribution in [1.82, 2.24) is 9.78 Å². The maximum Gasteiger partial charge on any atom is 0.435 e. The zero-order chi connectivity index (χ0) is 21.8. The van der Waals surface area contributed by atoms with E-state index >= 15 is 0 Å². The quantitative estimate of drug-likeness (QED) is 0.599. The predicted octanol–water partition coefficient (Wildman–Crippen LogP) is 3.96. The number of fused-ring (bicyclic) bond motifs is 3. The minimum absolute atomic E-state index is 0.0238. The van der Waals surface area contributed by atoms with E-state index in [4.69, 9.17) is 9.88 Å². The number of benzene rings is 2. The van der Waals surface area contributed by atoms with Gasteiger partial charge in [0.15, 0.2) is 17.3 Å². The number of thioether (sulfide) groups is 1. The number of halogens is 4. The monoisotopic (exact) mass is 459 g/mol. The molecule has 0 saturated carbocycles. The van der Waals surface area contributed by atoms with Crippen LogP contribution in [0.1, 0.15) is 11.3 Å². The molecule has 0 radical (unpaired) electrons. The van der Waals surface area contributed by atoms with Crippen LogP contribution in [-0.2, 0) is 22.0 Å². The molecule has 12 heteroatoms. The molecule has 0 amide bonds. The van der Waals surface area contributed by atoms with E-state index in [9.17, 15) is 26.0 Å². The number of primary sulfonamides is 1. The molecule has 30 heavy (non-hydrogen) atoms. The van der Waals surface area contributed by atoms with Crippen LogP contribution >= 0.6 is 11.8 Å². The first-order valence-corrected chi connectivity index (χ1v) is 10.9. The van der Waals surface area contributed by atoms with E-state index in [-0.39, 0.29) is 43.8 Å². The van der Waals surface area contributed by atoms with Crippen LogP contribution in [0.2, 0.25) is 0 Å². The third-order valence-corrected chi connectivity index (χ3v) is 6.61. The first kappa shape index (κ1) is 20.7. The molecule has 0 saturated heterocycles. The molecule has 158 valence electrons. The van der Waals surface area contributed by atoms with Gasteiger partial charge in [0.2, 0.25) is 10.0 Å². The number of sulfonamides is 1. The Balaban J connectivity index is 1.98. The Hall–Kier alpha value is -2.57.